The van der Waals surface area contributed by atoms with E-state index < -0.39 is 0 Å². The highest BCUT2D eigenvalue weighted by molar-refractivity contribution is 6.30. The van der Waals surface area contributed by atoms with Gasteiger partial charge in [0.15, 0.2) is 5.78 Å². The smallest absolute Gasteiger partial charge is 0.209 e. The maximum atomic E-state index is 13.8. The molecule has 2 aliphatic rings. The average molecular weight is 486 g/mol. The van der Waals surface area contributed by atoms with Crippen LogP contribution in [0.4, 0.5) is 5.95 Å². The molecule has 4 aromatic rings. The first-order valence-electron chi connectivity index (χ1n) is 11.5. The van der Waals surface area contributed by atoms with Crippen molar-refractivity contribution in [2.75, 3.05) is 19.5 Å². The van der Waals surface area contributed by atoms with E-state index in [4.69, 9.17) is 26.1 Å². The van der Waals surface area contributed by atoms with Crippen LogP contribution in [0.25, 0.3) is 11.0 Å². The van der Waals surface area contributed by atoms with Crippen molar-refractivity contribution >= 4 is 34.4 Å². The van der Waals surface area contributed by atoms with E-state index in [-0.39, 0.29) is 17.7 Å². The lowest BCUT2D eigenvalue weighted by Gasteiger charge is -2.36. The number of carbonyl (C=O) groups excluding carboxylic acids is 1. The van der Waals surface area contributed by atoms with Crippen molar-refractivity contribution in [3.63, 3.8) is 0 Å². The number of anilines is 1. The van der Waals surface area contributed by atoms with E-state index in [9.17, 15) is 4.79 Å². The summed E-state index contributed by atoms with van der Waals surface area (Å²) in [5.41, 5.74) is 5.49. The quantitative estimate of drug-likeness (QED) is 0.377. The van der Waals surface area contributed by atoms with Gasteiger partial charge in [0, 0.05) is 34.3 Å². The SMILES string of the molecule is COc1ccc([C@@H]2C3=C(C[C@@H](c4ccc(Cl)cc4)CC3=O)Nc3nc4ccccc4n32)c(OC)c1. The van der Waals surface area contributed by atoms with Gasteiger partial charge >= 0.3 is 0 Å². The van der Waals surface area contributed by atoms with Crippen LogP contribution in [0.15, 0.2) is 78.0 Å². The van der Waals surface area contributed by atoms with Crippen molar-refractivity contribution in [2.45, 2.75) is 24.8 Å². The molecule has 0 bridgehead atoms. The number of hydrogen-bond acceptors (Lipinski definition) is 5. The third-order valence-corrected chi connectivity index (χ3v) is 7.23. The number of hydrogen-bond donors (Lipinski definition) is 1. The molecule has 1 aliphatic carbocycles. The average Bonchev–Trinajstić information content (AvgIpc) is 3.25. The molecule has 7 heteroatoms. The second-order valence-corrected chi connectivity index (χ2v) is 9.34. The van der Waals surface area contributed by atoms with Crippen LogP contribution < -0.4 is 14.8 Å². The number of carbonyl (C=O) groups is 1. The van der Waals surface area contributed by atoms with Crippen LogP contribution in [0.2, 0.25) is 5.02 Å². The second-order valence-electron chi connectivity index (χ2n) is 8.90. The van der Waals surface area contributed by atoms with Crippen LogP contribution in [0, 0.1) is 0 Å². The Morgan fingerprint density at radius 2 is 1.80 bits per heavy atom. The molecule has 3 aromatic carbocycles. The van der Waals surface area contributed by atoms with Crippen LogP contribution in [0.5, 0.6) is 11.5 Å². The standard InChI is InChI=1S/C28H24ClN3O3/c1-34-19-11-12-20(25(15-19)35-2)27-26-22(31-28-30-21-5-3-4-6-23(21)32(27)28)13-17(14-24(26)33)16-7-9-18(29)10-8-16/h3-12,15,17,27H,13-14H2,1-2H3,(H,30,31)/t17-,27-/m1/s1. The van der Waals surface area contributed by atoms with Gasteiger partial charge in [-0.25, -0.2) is 4.98 Å². The molecule has 1 aliphatic heterocycles. The largest absolute Gasteiger partial charge is 0.497 e. The highest BCUT2D eigenvalue weighted by atomic mass is 35.5. The maximum Gasteiger partial charge on any atom is 0.209 e. The number of imidazole rings is 1. The zero-order valence-electron chi connectivity index (χ0n) is 19.4. The van der Waals surface area contributed by atoms with Crippen molar-refractivity contribution in [1.29, 1.82) is 0 Å². The Hall–Kier alpha value is -3.77. The Bertz CT molecular complexity index is 1490. The molecule has 2 atom stereocenters. The van der Waals surface area contributed by atoms with Gasteiger partial charge in [-0.1, -0.05) is 35.9 Å². The number of halogens is 1. The van der Waals surface area contributed by atoms with Crippen LogP contribution in [0.1, 0.15) is 35.9 Å². The molecule has 0 saturated heterocycles. The molecule has 1 aromatic heterocycles. The van der Waals surface area contributed by atoms with E-state index in [1.165, 1.54) is 0 Å². The van der Waals surface area contributed by atoms with Gasteiger partial charge in [0.1, 0.15) is 11.5 Å². The first-order valence-corrected chi connectivity index (χ1v) is 11.9. The summed E-state index contributed by atoms with van der Waals surface area (Å²) in [4.78, 5) is 18.7. The molecule has 176 valence electrons. The van der Waals surface area contributed by atoms with Gasteiger partial charge < -0.3 is 14.8 Å². The molecular formula is C28H24ClN3O3. The molecular weight excluding hydrogens is 462 g/mol. The van der Waals surface area contributed by atoms with E-state index in [1.54, 1.807) is 14.2 Å². The summed E-state index contributed by atoms with van der Waals surface area (Å²) >= 11 is 6.10. The molecule has 35 heavy (non-hydrogen) atoms. The molecule has 0 radical (unpaired) electrons. The summed E-state index contributed by atoms with van der Waals surface area (Å²) in [6.45, 7) is 0. The number of ether oxygens (including phenoxy) is 2. The Labute approximate surface area is 208 Å². The van der Waals surface area contributed by atoms with Crippen LogP contribution in [0.3, 0.4) is 0 Å². The fourth-order valence-corrected chi connectivity index (χ4v) is 5.46. The topological polar surface area (TPSA) is 65.4 Å². The molecule has 0 saturated carbocycles. The molecule has 0 spiro atoms. The first-order chi connectivity index (χ1) is 17.1. The van der Waals surface area contributed by atoms with Crippen LogP contribution in [-0.2, 0) is 4.79 Å². The predicted octanol–water partition coefficient (Wildman–Crippen LogP) is 6.12. The van der Waals surface area contributed by atoms with Crippen LogP contribution in [-0.4, -0.2) is 29.6 Å². The van der Waals surface area contributed by atoms with Crippen molar-refractivity contribution in [3.8, 4) is 11.5 Å². The van der Waals surface area contributed by atoms with Crippen molar-refractivity contribution < 1.29 is 14.3 Å². The number of fused-ring (bicyclic) bond motifs is 3. The number of Topliss-reactive ketones (excluding diaryl/α,β-unsaturated/α-hetero) is 1. The number of ketones is 1. The van der Waals surface area contributed by atoms with Gasteiger partial charge in [-0.3, -0.25) is 9.36 Å². The molecule has 1 N–H and O–H groups in total. The Balaban J connectivity index is 1.54. The summed E-state index contributed by atoms with van der Waals surface area (Å²) in [5.74, 6) is 2.27. The third kappa shape index (κ3) is 3.56. The highest BCUT2D eigenvalue weighted by Gasteiger charge is 2.40. The van der Waals surface area contributed by atoms with Gasteiger partial charge in [-0.05, 0) is 54.3 Å². The molecule has 0 amide bonds. The van der Waals surface area contributed by atoms with Gasteiger partial charge in [0.05, 0.1) is 31.3 Å². The number of nitrogens with zero attached hydrogens (tertiary/aromatic N) is 2. The Morgan fingerprint density at radius 3 is 2.57 bits per heavy atom. The number of allylic oxidation sites excluding steroid dienone is 2. The fourth-order valence-electron chi connectivity index (χ4n) is 5.33. The number of benzene rings is 3. The van der Waals surface area contributed by atoms with E-state index >= 15 is 0 Å². The lowest BCUT2D eigenvalue weighted by molar-refractivity contribution is -0.116. The minimum atomic E-state index is -0.367. The van der Waals surface area contributed by atoms with Crippen molar-refractivity contribution in [1.82, 2.24) is 9.55 Å². The summed E-state index contributed by atoms with van der Waals surface area (Å²) in [6.07, 6.45) is 1.14. The number of aromatic nitrogens is 2. The minimum Gasteiger partial charge on any atom is -0.497 e. The summed E-state index contributed by atoms with van der Waals surface area (Å²) < 4.78 is 13.3. The molecule has 0 unspecified atom stereocenters. The van der Waals surface area contributed by atoms with E-state index in [0.717, 1.165) is 39.4 Å². The zero-order valence-corrected chi connectivity index (χ0v) is 20.2. The molecule has 0 fully saturated rings. The lowest BCUT2D eigenvalue weighted by Crippen LogP contribution is -2.33. The van der Waals surface area contributed by atoms with Crippen LogP contribution >= 0.6 is 11.6 Å². The number of methoxy groups -OCH3 is 2. The molecule has 2 heterocycles. The zero-order chi connectivity index (χ0) is 24.1. The lowest BCUT2D eigenvalue weighted by atomic mass is 9.77. The highest BCUT2D eigenvalue weighted by Crippen LogP contribution is 2.48. The maximum absolute atomic E-state index is 13.8. The predicted molar refractivity (Wildman–Crippen MR) is 137 cm³/mol. The summed E-state index contributed by atoms with van der Waals surface area (Å²) in [6, 6.07) is 21.1. The third-order valence-electron chi connectivity index (χ3n) is 6.97. The van der Waals surface area contributed by atoms with E-state index in [2.05, 4.69) is 9.88 Å². The van der Waals surface area contributed by atoms with E-state index in [0.29, 0.717) is 29.4 Å². The molecule has 6 rings (SSSR count). The fraction of sp³-hybridized carbons (Fsp3) is 0.214. The second kappa shape index (κ2) is 8.47. The van der Waals surface area contributed by atoms with Crippen molar-refractivity contribution in [3.05, 3.63) is 94.1 Å². The number of rotatable bonds is 4. The van der Waals surface area contributed by atoms with Gasteiger partial charge in [0.2, 0.25) is 5.95 Å². The monoisotopic (exact) mass is 485 g/mol. The number of para-hydroxylation sites is 2. The van der Waals surface area contributed by atoms with Gasteiger partial charge in [-0.15, -0.1) is 0 Å². The Morgan fingerprint density at radius 1 is 1.00 bits per heavy atom. The van der Waals surface area contributed by atoms with Crippen molar-refractivity contribution in [2.24, 2.45) is 0 Å². The normalized spacial score (nSPS) is 19.2. The number of nitrogens with one attached hydrogen (secondary N) is 1. The summed E-state index contributed by atoms with van der Waals surface area (Å²) in [5, 5.41) is 4.20. The minimum absolute atomic E-state index is 0.0698. The van der Waals surface area contributed by atoms with E-state index in [1.807, 2.05) is 66.7 Å². The first kappa shape index (κ1) is 21.7. The van der Waals surface area contributed by atoms with Gasteiger partial charge in [-0.2, -0.15) is 0 Å². The summed E-state index contributed by atoms with van der Waals surface area (Å²) in [7, 11) is 3.27. The van der Waals surface area contributed by atoms with Gasteiger partial charge in [0.25, 0.3) is 0 Å². The Kier molecular flexibility index (Phi) is 5.26. The molecule has 6 nitrogen and oxygen atoms in total.